The van der Waals surface area contributed by atoms with Crippen molar-refractivity contribution in [3.05, 3.63) is 42.2 Å². The molecule has 0 bridgehead atoms. The average Bonchev–Trinajstić information content (AvgIpc) is 2.70. The molecule has 0 saturated carbocycles. The van der Waals surface area contributed by atoms with Crippen LogP contribution in [0, 0.1) is 0 Å². The predicted molar refractivity (Wildman–Crippen MR) is 107 cm³/mol. The topological polar surface area (TPSA) is 108 Å². The van der Waals surface area contributed by atoms with Crippen LogP contribution in [0.2, 0.25) is 0 Å². The molecule has 27 heavy (non-hydrogen) atoms. The molecule has 0 spiro atoms. The van der Waals surface area contributed by atoms with E-state index in [0.717, 1.165) is 31.7 Å². The highest BCUT2D eigenvalue weighted by molar-refractivity contribution is 5.81. The number of piperidine rings is 1. The van der Waals surface area contributed by atoms with Gasteiger partial charge in [-0.2, -0.15) is 0 Å². The normalized spacial score (nSPS) is 14.5. The van der Waals surface area contributed by atoms with Crippen molar-refractivity contribution in [3.8, 4) is 0 Å². The third-order valence-corrected chi connectivity index (χ3v) is 4.58. The summed E-state index contributed by atoms with van der Waals surface area (Å²) in [6, 6.07) is 9.54. The van der Waals surface area contributed by atoms with Crippen molar-refractivity contribution >= 4 is 23.2 Å². The van der Waals surface area contributed by atoms with Gasteiger partial charge in [-0.1, -0.05) is 36.8 Å². The Morgan fingerprint density at radius 2 is 1.81 bits per heavy atom. The van der Waals surface area contributed by atoms with Gasteiger partial charge in [0.05, 0.1) is 6.42 Å². The second kappa shape index (κ2) is 9.72. The first kappa shape index (κ1) is 18.9. The summed E-state index contributed by atoms with van der Waals surface area (Å²) in [6.07, 6.45) is 5.57. The van der Waals surface area contributed by atoms with Gasteiger partial charge < -0.3 is 16.0 Å². The second-order valence-electron chi connectivity index (χ2n) is 6.65. The number of likely N-dealkylation sites (tertiary alicyclic amines) is 1. The summed E-state index contributed by atoms with van der Waals surface area (Å²) < 4.78 is 0. The van der Waals surface area contributed by atoms with E-state index in [-0.39, 0.29) is 12.3 Å². The Kier molecular flexibility index (Phi) is 6.81. The number of hydrogen-bond acceptors (Lipinski definition) is 7. The van der Waals surface area contributed by atoms with Crippen LogP contribution in [0.3, 0.4) is 0 Å². The minimum absolute atomic E-state index is 0.168. The Morgan fingerprint density at radius 3 is 2.59 bits per heavy atom. The van der Waals surface area contributed by atoms with Crippen molar-refractivity contribution in [2.45, 2.75) is 25.7 Å². The van der Waals surface area contributed by atoms with Gasteiger partial charge in [0, 0.05) is 13.1 Å². The number of benzene rings is 1. The molecule has 1 fully saturated rings. The molecule has 144 valence electrons. The lowest BCUT2D eigenvalue weighted by molar-refractivity contribution is -0.119. The summed E-state index contributed by atoms with van der Waals surface area (Å²) in [6.45, 7) is 4.03. The van der Waals surface area contributed by atoms with Gasteiger partial charge in [0.25, 0.3) is 0 Å². The van der Waals surface area contributed by atoms with Gasteiger partial charge in [0.1, 0.15) is 12.0 Å². The van der Waals surface area contributed by atoms with Crippen molar-refractivity contribution in [3.63, 3.8) is 0 Å². The maximum absolute atomic E-state index is 12.1. The van der Waals surface area contributed by atoms with Gasteiger partial charge in [-0.05, 0) is 31.5 Å². The summed E-state index contributed by atoms with van der Waals surface area (Å²) in [7, 11) is 0. The lowest BCUT2D eigenvalue weighted by atomic mass is 10.1. The highest BCUT2D eigenvalue weighted by Gasteiger charge is 2.12. The summed E-state index contributed by atoms with van der Waals surface area (Å²) in [5.74, 6) is 0.785. The molecule has 3 rings (SSSR count). The van der Waals surface area contributed by atoms with Gasteiger partial charge in [0.15, 0.2) is 11.6 Å². The van der Waals surface area contributed by atoms with E-state index >= 15 is 0 Å². The number of anilines is 3. The van der Waals surface area contributed by atoms with E-state index in [0.29, 0.717) is 17.3 Å². The molecule has 1 aromatic heterocycles. The number of carbonyl (C=O) groups excluding carboxylic acids is 1. The minimum atomic E-state index is -0.168. The predicted octanol–water partition coefficient (Wildman–Crippen LogP) is 1.64. The van der Waals surface area contributed by atoms with Crippen LogP contribution in [0.5, 0.6) is 0 Å². The molecule has 1 aromatic carbocycles. The molecule has 1 saturated heterocycles. The monoisotopic (exact) mass is 369 g/mol. The highest BCUT2D eigenvalue weighted by Crippen LogP contribution is 2.21. The molecule has 1 amide bonds. The molecule has 1 aliphatic heterocycles. The zero-order chi connectivity index (χ0) is 18.9. The van der Waals surface area contributed by atoms with Gasteiger partial charge in [-0.3, -0.25) is 15.6 Å². The Bertz CT molecular complexity index is 732. The summed E-state index contributed by atoms with van der Waals surface area (Å²) >= 11 is 0. The number of nitrogens with two attached hydrogens (primary N) is 1. The first-order valence-corrected chi connectivity index (χ1v) is 9.38. The number of hydrazine groups is 1. The molecule has 8 heteroatoms. The molecule has 0 atom stereocenters. The maximum Gasteiger partial charge on any atom is 0.242 e. The minimum Gasteiger partial charge on any atom is -0.393 e. The van der Waals surface area contributed by atoms with Gasteiger partial charge in [-0.15, -0.1) is 0 Å². The third kappa shape index (κ3) is 5.82. The number of nitrogen functional groups attached to an aromatic ring is 1. The Balaban J connectivity index is 1.47. The van der Waals surface area contributed by atoms with E-state index in [4.69, 9.17) is 5.73 Å². The van der Waals surface area contributed by atoms with E-state index in [1.165, 1.54) is 25.6 Å². The van der Waals surface area contributed by atoms with E-state index < -0.39 is 0 Å². The zero-order valence-electron chi connectivity index (χ0n) is 15.4. The van der Waals surface area contributed by atoms with Crippen LogP contribution in [0.4, 0.5) is 17.3 Å². The Morgan fingerprint density at radius 1 is 1.07 bits per heavy atom. The third-order valence-electron chi connectivity index (χ3n) is 4.58. The number of hydrogen-bond donors (Lipinski definition) is 4. The summed E-state index contributed by atoms with van der Waals surface area (Å²) in [4.78, 5) is 22.8. The lowest BCUT2D eigenvalue weighted by Gasteiger charge is -2.26. The number of carbonyl (C=O) groups is 1. The van der Waals surface area contributed by atoms with E-state index in [1.807, 2.05) is 30.3 Å². The molecule has 0 radical (unpaired) electrons. The fraction of sp³-hybridized carbons (Fsp3) is 0.421. The van der Waals surface area contributed by atoms with Crippen LogP contribution in [-0.4, -0.2) is 47.0 Å². The molecule has 2 aromatic rings. The van der Waals surface area contributed by atoms with Crippen LogP contribution in [-0.2, 0) is 11.2 Å². The van der Waals surface area contributed by atoms with Crippen LogP contribution in [0.15, 0.2) is 36.7 Å². The SMILES string of the molecule is Nc1c(NCCN2CCCCC2)ncnc1NNC(=O)Cc1ccccc1. The Labute approximate surface area is 159 Å². The largest absolute Gasteiger partial charge is 0.393 e. The van der Waals surface area contributed by atoms with Crippen molar-refractivity contribution in [1.82, 2.24) is 20.3 Å². The Hall–Kier alpha value is -2.87. The first-order chi connectivity index (χ1) is 13.2. The van der Waals surface area contributed by atoms with Crippen LogP contribution in [0.1, 0.15) is 24.8 Å². The number of nitrogens with one attached hydrogen (secondary N) is 3. The van der Waals surface area contributed by atoms with Crippen molar-refractivity contribution in [2.75, 3.05) is 42.7 Å². The smallest absolute Gasteiger partial charge is 0.242 e. The van der Waals surface area contributed by atoms with Crippen LogP contribution >= 0.6 is 0 Å². The zero-order valence-corrected chi connectivity index (χ0v) is 15.4. The molecule has 8 nitrogen and oxygen atoms in total. The maximum atomic E-state index is 12.1. The summed E-state index contributed by atoms with van der Waals surface area (Å²) in [5, 5.41) is 3.26. The van der Waals surface area contributed by atoms with Gasteiger partial charge in [-0.25, -0.2) is 9.97 Å². The van der Waals surface area contributed by atoms with E-state index in [2.05, 4.69) is 31.0 Å². The average molecular weight is 369 g/mol. The fourth-order valence-corrected chi connectivity index (χ4v) is 3.11. The number of amides is 1. The van der Waals surface area contributed by atoms with Crippen LogP contribution in [0.25, 0.3) is 0 Å². The van der Waals surface area contributed by atoms with Gasteiger partial charge >= 0.3 is 0 Å². The standard InChI is InChI=1S/C19H27N7O/c20-17-18(21-9-12-26-10-5-2-6-11-26)22-14-23-19(17)25-24-16(27)13-15-7-3-1-4-8-15/h1,3-4,7-8,14H,2,5-6,9-13,20H2,(H,24,27)(H2,21,22,23,25). The number of aromatic nitrogens is 2. The molecule has 0 aliphatic carbocycles. The molecule has 5 N–H and O–H groups in total. The second-order valence-corrected chi connectivity index (χ2v) is 6.65. The molecular weight excluding hydrogens is 342 g/mol. The van der Waals surface area contributed by atoms with Crippen molar-refractivity contribution < 1.29 is 4.79 Å². The lowest BCUT2D eigenvalue weighted by Crippen LogP contribution is -2.34. The van der Waals surface area contributed by atoms with Crippen molar-refractivity contribution in [1.29, 1.82) is 0 Å². The quantitative estimate of drug-likeness (QED) is 0.524. The summed E-state index contributed by atoms with van der Waals surface area (Å²) in [5.41, 5.74) is 12.9. The van der Waals surface area contributed by atoms with E-state index in [9.17, 15) is 4.79 Å². The van der Waals surface area contributed by atoms with E-state index in [1.54, 1.807) is 0 Å². The number of rotatable bonds is 8. The number of nitrogens with zero attached hydrogens (tertiary/aromatic N) is 3. The van der Waals surface area contributed by atoms with Crippen LogP contribution < -0.4 is 21.9 Å². The highest BCUT2D eigenvalue weighted by atomic mass is 16.2. The molecule has 2 heterocycles. The fourth-order valence-electron chi connectivity index (χ4n) is 3.11. The van der Waals surface area contributed by atoms with Gasteiger partial charge in [0.2, 0.25) is 5.91 Å². The first-order valence-electron chi connectivity index (χ1n) is 9.38. The van der Waals surface area contributed by atoms with Crippen molar-refractivity contribution in [2.24, 2.45) is 0 Å². The molecular formula is C19H27N7O. The molecule has 1 aliphatic rings. The molecule has 0 unspecified atom stereocenters.